The van der Waals surface area contributed by atoms with Gasteiger partial charge in [-0.25, -0.2) is 0 Å². The summed E-state index contributed by atoms with van der Waals surface area (Å²) < 4.78 is 15.3. The molecule has 0 saturated carbocycles. The molecule has 92 valence electrons. The zero-order valence-corrected chi connectivity index (χ0v) is 17.4. The van der Waals surface area contributed by atoms with Gasteiger partial charge >= 0.3 is 107 Å². The van der Waals surface area contributed by atoms with Crippen molar-refractivity contribution < 1.29 is 1.41 Å². The summed E-state index contributed by atoms with van der Waals surface area (Å²) in [4.78, 5) is 0. The molecule has 0 aromatic heterocycles. The molecule has 0 fully saturated rings. The van der Waals surface area contributed by atoms with Crippen molar-refractivity contribution in [1.82, 2.24) is 0 Å². The molecular weight excluding hydrogens is 398 g/mol. The fraction of sp³-hybridized carbons (Fsp3) is 1.00. The van der Waals surface area contributed by atoms with E-state index in [-0.39, 0.29) is 0 Å². The number of rotatable bonds is 8. The molecule has 0 aliphatic heterocycles. The minimum atomic E-state index is -2.11. The van der Waals surface area contributed by atoms with Crippen LogP contribution in [0.25, 0.3) is 0 Å². The van der Waals surface area contributed by atoms with Gasteiger partial charge in [-0.05, 0) is 0 Å². The second kappa shape index (κ2) is 7.80. The number of hydrogen-bond acceptors (Lipinski definition) is 1. The summed E-state index contributed by atoms with van der Waals surface area (Å²) >= 11 is -4.21. The Hall–Kier alpha value is 1.56. The van der Waals surface area contributed by atoms with Crippen LogP contribution in [0.5, 0.6) is 0 Å². The van der Waals surface area contributed by atoms with Gasteiger partial charge in [0.15, 0.2) is 0 Å². The molecular formula is C12H30OSn2. The third kappa shape index (κ3) is 4.38. The van der Waals surface area contributed by atoms with Gasteiger partial charge < -0.3 is 0 Å². The normalized spacial score (nSPS) is 13.2. The van der Waals surface area contributed by atoms with E-state index < -0.39 is 37.6 Å². The van der Waals surface area contributed by atoms with Crippen molar-refractivity contribution in [2.24, 2.45) is 0 Å². The average molecular weight is 428 g/mol. The van der Waals surface area contributed by atoms with Crippen molar-refractivity contribution in [3.63, 3.8) is 0 Å². The molecule has 0 atom stereocenters. The van der Waals surface area contributed by atoms with Crippen molar-refractivity contribution in [3.05, 3.63) is 0 Å². The maximum atomic E-state index is 6.94. The van der Waals surface area contributed by atoms with E-state index in [2.05, 4.69) is 41.5 Å². The SMILES string of the molecule is C[CH2][Sn]([CH2]C)([CH2]C)[O][Sn]([CH2]C)([CH2]C)[CH2]C. The van der Waals surface area contributed by atoms with E-state index in [4.69, 9.17) is 1.41 Å². The molecule has 0 unspecified atom stereocenters. The van der Waals surface area contributed by atoms with Gasteiger partial charge in [-0.1, -0.05) is 0 Å². The van der Waals surface area contributed by atoms with Crippen molar-refractivity contribution in [1.29, 1.82) is 0 Å². The van der Waals surface area contributed by atoms with Crippen LogP contribution in [0.3, 0.4) is 0 Å². The third-order valence-electron chi connectivity index (χ3n) is 4.30. The first kappa shape index (κ1) is 16.6. The monoisotopic (exact) mass is 430 g/mol. The molecule has 0 rings (SSSR count). The van der Waals surface area contributed by atoms with Crippen LogP contribution in [0.2, 0.25) is 26.6 Å². The first-order chi connectivity index (χ1) is 7.07. The van der Waals surface area contributed by atoms with Crippen LogP contribution in [0.4, 0.5) is 0 Å². The molecule has 0 aromatic rings. The molecule has 0 spiro atoms. The van der Waals surface area contributed by atoms with Crippen LogP contribution in [-0.4, -0.2) is 37.6 Å². The number of hydrogen-bond donors (Lipinski definition) is 0. The average Bonchev–Trinajstić information content (AvgIpc) is 2.33. The van der Waals surface area contributed by atoms with Crippen LogP contribution < -0.4 is 0 Å². The van der Waals surface area contributed by atoms with Crippen LogP contribution in [0.15, 0.2) is 0 Å². The van der Waals surface area contributed by atoms with Crippen LogP contribution in [-0.2, 0) is 1.41 Å². The van der Waals surface area contributed by atoms with Crippen molar-refractivity contribution in [2.45, 2.75) is 68.2 Å². The van der Waals surface area contributed by atoms with Gasteiger partial charge in [-0.2, -0.15) is 0 Å². The summed E-state index contributed by atoms with van der Waals surface area (Å²) in [6.07, 6.45) is 0. The standard InChI is InChI=1S/6C2H5.O.2Sn/c6*1-2;;;/h6*1H2,2H3;;;. The van der Waals surface area contributed by atoms with E-state index in [1.54, 1.807) is 0 Å². The van der Waals surface area contributed by atoms with Crippen LogP contribution in [0, 0.1) is 0 Å². The van der Waals surface area contributed by atoms with Gasteiger partial charge in [0.05, 0.1) is 0 Å². The van der Waals surface area contributed by atoms with Gasteiger partial charge in [0.2, 0.25) is 0 Å². The predicted molar refractivity (Wildman–Crippen MR) is 75.5 cm³/mol. The Morgan fingerprint density at radius 1 is 0.533 bits per heavy atom. The second-order valence-corrected chi connectivity index (χ2v) is 34.7. The molecule has 0 radical (unpaired) electrons. The Morgan fingerprint density at radius 2 is 0.733 bits per heavy atom. The predicted octanol–water partition coefficient (Wildman–Crippen LogP) is 5.01. The third-order valence-corrected chi connectivity index (χ3v) is 45.4. The molecule has 0 aromatic carbocycles. The van der Waals surface area contributed by atoms with E-state index in [0.29, 0.717) is 0 Å². The van der Waals surface area contributed by atoms with E-state index in [1.165, 1.54) is 26.6 Å². The summed E-state index contributed by atoms with van der Waals surface area (Å²) in [5.41, 5.74) is 0. The summed E-state index contributed by atoms with van der Waals surface area (Å²) in [7, 11) is 0. The molecule has 15 heavy (non-hydrogen) atoms. The Bertz CT molecular complexity index is 128. The van der Waals surface area contributed by atoms with Crippen molar-refractivity contribution >= 4 is 37.6 Å². The molecule has 1 nitrogen and oxygen atoms in total. The first-order valence-corrected chi connectivity index (χ1v) is 21.2. The molecule has 3 heteroatoms. The van der Waals surface area contributed by atoms with E-state index in [0.717, 1.165) is 0 Å². The van der Waals surface area contributed by atoms with Crippen LogP contribution in [0.1, 0.15) is 41.5 Å². The molecule has 0 bridgehead atoms. The molecule has 0 aliphatic carbocycles. The topological polar surface area (TPSA) is 9.23 Å². The molecule has 0 aliphatic rings. The maximum absolute atomic E-state index is 6.94. The summed E-state index contributed by atoms with van der Waals surface area (Å²) in [5, 5.41) is 0. The first-order valence-electron chi connectivity index (χ1n) is 6.77. The van der Waals surface area contributed by atoms with E-state index >= 15 is 0 Å². The summed E-state index contributed by atoms with van der Waals surface area (Å²) in [5.74, 6) is 0. The Kier molecular flexibility index (Phi) is 8.61. The van der Waals surface area contributed by atoms with Gasteiger partial charge in [-0.3, -0.25) is 0 Å². The van der Waals surface area contributed by atoms with Gasteiger partial charge in [0.1, 0.15) is 0 Å². The Labute approximate surface area is 106 Å². The minimum absolute atomic E-state index is 1.39. The summed E-state index contributed by atoms with van der Waals surface area (Å²) in [6, 6.07) is 0. The zero-order valence-electron chi connectivity index (χ0n) is 11.7. The molecule has 0 saturated heterocycles. The Morgan fingerprint density at radius 3 is 0.867 bits per heavy atom. The van der Waals surface area contributed by atoms with E-state index in [9.17, 15) is 0 Å². The fourth-order valence-electron chi connectivity index (χ4n) is 2.39. The molecule has 0 heterocycles. The molecule has 0 N–H and O–H groups in total. The van der Waals surface area contributed by atoms with Gasteiger partial charge in [-0.15, -0.1) is 0 Å². The fourth-order valence-corrected chi connectivity index (χ4v) is 50.2. The van der Waals surface area contributed by atoms with Crippen molar-refractivity contribution in [3.8, 4) is 0 Å². The van der Waals surface area contributed by atoms with Crippen molar-refractivity contribution in [2.75, 3.05) is 0 Å². The van der Waals surface area contributed by atoms with E-state index in [1.807, 2.05) is 0 Å². The van der Waals surface area contributed by atoms with Gasteiger partial charge in [0.25, 0.3) is 0 Å². The summed E-state index contributed by atoms with van der Waals surface area (Å²) in [6.45, 7) is 14.3. The molecule has 0 amide bonds. The zero-order chi connectivity index (χ0) is 11.9. The Balaban J connectivity index is 4.74. The van der Waals surface area contributed by atoms with Gasteiger partial charge in [0, 0.05) is 0 Å². The quantitative estimate of drug-likeness (QED) is 0.495. The van der Waals surface area contributed by atoms with Crippen LogP contribution >= 0.6 is 0 Å². The second-order valence-electron chi connectivity index (χ2n) is 4.59.